The molecule has 0 saturated carbocycles. The third kappa shape index (κ3) is 2.12. The summed E-state index contributed by atoms with van der Waals surface area (Å²) in [6.07, 6.45) is 3.89. The lowest BCUT2D eigenvalue weighted by Crippen LogP contribution is -2.50. The van der Waals surface area contributed by atoms with Gasteiger partial charge in [0.25, 0.3) is 0 Å². The van der Waals surface area contributed by atoms with Gasteiger partial charge in [-0.05, 0) is 38.3 Å². The lowest BCUT2D eigenvalue weighted by atomic mass is 9.73. The summed E-state index contributed by atoms with van der Waals surface area (Å²) in [5, 5.41) is 3.61. The maximum atomic E-state index is 5.52. The number of nitrogens with one attached hydrogen (secondary N) is 1. The first-order valence-electron chi connectivity index (χ1n) is 6.67. The number of aryl methyl sites for hydroxylation is 1. The minimum atomic E-state index is 0.286. The molecule has 2 aliphatic heterocycles. The molecule has 0 bridgehead atoms. The van der Waals surface area contributed by atoms with E-state index in [1.54, 1.807) is 0 Å². The standard InChI is InChI=1S/C15H21NO/c1-12-4-2-5-13(8-12)15(10-17-11-15)9-14-6-3-7-16-14/h2,4-5,8,14,16H,3,6-7,9-11H2,1H3. The first kappa shape index (κ1) is 11.2. The van der Waals surface area contributed by atoms with E-state index in [9.17, 15) is 0 Å². The van der Waals surface area contributed by atoms with Crippen LogP contribution in [0.4, 0.5) is 0 Å². The third-order valence-electron chi connectivity index (χ3n) is 4.19. The second-order valence-electron chi connectivity index (χ2n) is 5.64. The molecule has 2 nitrogen and oxygen atoms in total. The Balaban J connectivity index is 1.81. The van der Waals surface area contributed by atoms with Crippen molar-refractivity contribution in [2.75, 3.05) is 19.8 Å². The lowest BCUT2D eigenvalue weighted by Gasteiger charge is -2.43. The van der Waals surface area contributed by atoms with Gasteiger partial charge in [-0.3, -0.25) is 0 Å². The lowest BCUT2D eigenvalue weighted by molar-refractivity contribution is -0.0679. The fourth-order valence-electron chi connectivity index (χ4n) is 3.13. The Morgan fingerprint density at radius 3 is 2.88 bits per heavy atom. The summed E-state index contributed by atoms with van der Waals surface area (Å²) >= 11 is 0. The van der Waals surface area contributed by atoms with E-state index in [2.05, 4.69) is 36.5 Å². The van der Waals surface area contributed by atoms with Crippen molar-refractivity contribution in [2.24, 2.45) is 0 Å². The molecule has 0 aliphatic carbocycles. The summed E-state index contributed by atoms with van der Waals surface area (Å²) in [6, 6.07) is 9.64. The molecule has 2 fully saturated rings. The Hall–Kier alpha value is -0.860. The average molecular weight is 231 g/mol. The van der Waals surface area contributed by atoms with Crippen molar-refractivity contribution in [3.63, 3.8) is 0 Å². The molecule has 92 valence electrons. The van der Waals surface area contributed by atoms with Crippen LogP contribution in [0, 0.1) is 6.92 Å². The summed E-state index contributed by atoms with van der Waals surface area (Å²) in [5.74, 6) is 0. The van der Waals surface area contributed by atoms with Crippen molar-refractivity contribution in [1.82, 2.24) is 5.32 Å². The fraction of sp³-hybridized carbons (Fsp3) is 0.600. The smallest absolute Gasteiger partial charge is 0.0586 e. The number of ether oxygens (including phenoxy) is 1. The van der Waals surface area contributed by atoms with Gasteiger partial charge in [-0.2, -0.15) is 0 Å². The van der Waals surface area contributed by atoms with Crippen molar-refractivity contribution < 1.29 is 4.74 Å². The summed E-state index contributed by atoms with van der Waals surface area (Å²) < 4.78 is 5.52. The van der Waals surface area contributed by atoms with E-state index in [1.165, 1.54) is 36.9 Å². The van der Waals surface area contributed by atoms with E-state index in [-0.39, 0.29) is 5.41 Å². The number of hydrogen-bond acceptors (Lipinski definition) is 2. The topological polar surface area (TPSA) is 21.3 Å². The molecule has 3 rings (SSSR count). The maximum Gasteiger partial charge on any atom is 0.0586 e. The molecule has 0 radical (unpaired) electrons. The van der Waals surface area contributed by atoms with Crippen molar-refractivity contribution in [3.05, 3.63) is 35.4 Å². The van der Waals surface area contributed by atoms with Crippen LogP contribution in [0.5, 0.6) is 0 Å². The fourth-order valence-corrected chi connectivity index (χ4v) is 3.13. The van der Waals surface area contributed by atoms with Gasteiger partial charge >= 0.3 is 0 Å². The normalized spacial score (nSPS) is 26.8. The molecule has 2 heteroatoms. The molecule has 1 unspecified atom stereocenters. The largest absolute Gasteiger partial charge is 0.379 e. The zero-order valence-corrected chi connectivity index (χ0v) is 10.5. The zero-order chi connectivity index (χ0) is 11.7. The quantitative estimate of drug-likeness (QED) is 0.862. The van der Waals surface area contributed by atoms with Crippen molar-refractivity contribution >= 4 is 0 Å². The summed E-state index contributed by atoms with van der Waals surface area (Å²) in [5.41, 5.74) is 3.11. The molecule has 0 aromatic heterocycles. The molecule has 2 heterocycles. The SMILES string of the molecule is Cc1cccc(C2(CC3CCCN3)COC2)c1. The Morgan fingerprint density at radius 2 is 2.29 bits per heavy atom. The van der Waals surface area contributed by atoms with Crippen LogP contribution in [0.3, 0.4) is 0 Å². The van der Waals surface area contributed by atoms with Crippen LogP contribution in [-0.4, -0.2) is 25.8 Å². The first-order chi connectivity index (χ1) is 8.28. The first-order valence-corrected chi connectivity index (χ1v) is 6.67. The molecule has 2 saturated heterocycles. The average Bonchev–Trinajstić information content (AvgIpc) is 2.76. The van der Waals surface area contributed by atoms with E-state index in [0.29, 0.717) is 6.04 Å². The van der Waals surface area contributed by atoms with Gasteiger partial charge < -0.3 is 10.1 Å². The van der Waals surface area contributed by atoms with Crippen molar-refractivity contribution in [1.29, 1.82) is 0 Å². The minimum Gasteiger partial charge on any atom is -0.379 e. The highest BCUT2D eigenvalue weighted by atomic mass is 16.5. The van der Waals surface area contributed by atoms with Crippen LogP contribution in [0.25, 0.3) is 0 Å². The van der Waals surface area contributed by atoms with Crippen LogP contribution >= 0.6 is 0 Å². The van der Waals surface area contributed by atoms with Crippen LogP contribution in [0.2, 0.25) is 0 Å². The molecule has 1 aromatic rings. The van der Waals surface area contributed by atoms with Gasteiger partial charge in [0.05, 0.1) is 13.2 Å². The highest BCUT2D eigenvalue weighted by molar-refractivity contribution is 5.32. The predicted octanol–water partition coefficient (Wildman–Crippen LogP) is 2.41. The molecular weight excluding hydrogens is 210 g/mol. The Morgan fingerprint density at radius 1 is 1.41 bits per heavy atom. The summed E-state index contributed by atoms with van der Waals surface area (Å²) in [6.45, 7) is 5.16. The van der Waals surface area contributed by atoms with E-state index < -0.39 is 0 Å². The zero-order valence-electron chi connectivity index (χ0n) is 10.5. The second kappa shape index (κ2) is 4.43. The molecule has 1 aromatic carbocycles. The molecule has 17 heavy (non-hydrogen) atoms. The molecule has 2 aliphatic rings. The summed E-state index contributed by atoms with van der Waals surface area (Å²) in [4.78, 5) is 0. The highest BCUT2D eigenvalue weighted by Crippen LogP contribution is 2.38. The van der Waals surface area contributed by atoms with Crippen LogP contribution in [0.1, 0.15) is 30.4 Å². The van der Waals surface area contributed by atoms with Gasteiger partial charge in [0.2, 0.25) is 0 Å². The highest BCUT2D eigenvalue weighted by Gasteiger charge is 2.42. The third-order valence-corrected chi connectivity index (χ3v) is 4.19. The molecule has 1 atom stereocenters. The van der Waals surface area contributed by atoms with Gasteiger partial charge in [0, 0.05) is 11.5 Å². The Kier molecular flexibility index (Phi) is 2.93. The van der Waals surface area contributed by atoms with Gasteiger partial charge in [0.15, 0.2) is 0 Å². The van der Waals surface area contributed by atoms with Crippen molar-refractivity contribution in [3.8, 4) is 0 Å². The number of rotatable bonds is 3. The van der Waals surface area contributed by atoms with Crippen LogP contribution in [-0.2, 0) is 10.2 Å². The maximum absolute atomic E-state index is 5.52. The van der Waals surface area contributed by atoms with E-state index in [4.69, 9.17) is 4.74 Å². The minimum absolute atomic E-state index is 0.286. The van der Waals surface area contributed by atoms with E-state index in [0.717, 1.165) is 13.2 Å². The molecular formula is C15H21NO. The van der Waals surface area contributed by atoms with Gasteiger partial charge in [0.1, 0.15) is 0 Å². The van der Waals surface area contributed by atoms with Gasteiger partial charge in [-0.15, -0.1) is 0 Å². The molecule has 1 N–H and O–H groups in total. The predicted molar refractivity (Wildman–Crippen MR) is 69.3 cm³/mol. The second-order valence-corrected chi connectivity index (χ2v) is 5.64. The number of hydrogen-bond donors (Lipinski definition) is 1. The Bertz CT molecular complexity index is 392. The van der Waals surface area contributed by atoms with Crippen molar-refractivity contribution in [2.45, 2.75) is 37.6 Å². The van der Waals surface area contributed by atoms with Gasteiger partial charge in [-0.25, -0.2) is 0 Å². The van der Waals surface area contributed by atoms with Crippen LogP contribution in [0.15, 0.2) is 24.3 Å². The van der Waals surface area contributed by atoms with E-state index >= 15 is 0 Å². The summed E-state index contributed by atoms with van der Waals surface area (Å²) in [7, 11) is 0. The molecule has 0 spiro atoms. The van der Waals surface area contributed by atoms with E-state index in [1.807, 2.05) is 0 Å². The molecule has 0 amide bonds. The Labute approximate surface area is 103 Å². The van der Waals surface area contributed by atoms with Gasteiger partial charge in [-0.1, -0.05) is 29.8 Å². The van der Waals surface area contributed by atoms with Crippen LogP contribution < -0.4 is 5.32 Å². The number of benzene rings is 1. The monoisotopic (exact) mass is 231 g/mol.